The highest BCUT2D eigenvalue weighted by molar-refractivity contribution is 5.51. The average molecular weight is 239 g/mol. The van der Waals surface area contributed by atoms with Gasteiger partial charge in [-0.3, -0.25) is 0 Å². The molecule has 0 aromatic carbocycles. The second-order valence-electron chi connectivity index (χ2n) is 4.20. The van der Waals surface area contributed by atoms with Gasteiger partial charge in [-0.2, -0.15) is 9.97 Å². The van der Waals surface area contributed by atoms with E-state index >= 15 is 0 Å². The standard InChI is InChI=1S/C11H21N5O/c1-4-13-9-5-10(16-11(12)15-9)14-8(6-17)7(2)3/h5,7-8,17H,4,6H2,1-3H3,(H4,12,13,14,15,16). The molecule has 0 aliphatic heterocycles. The Morgan fingerprint density at radius 2 is 2.00 bits per heavy atom. The Labute approximate surface area is 102 Å². The van der Waals surface area contributed by atoms with E-state index in [0.717, 1.165) is 6.54 Å². The molecule has 0 radical (unpaired) electrons. The van der Waals surface area contributed by atoms with Gasteiger partial charge >= 0.3 is 0 Å². The number of nitrogens with one attached hydrogen (secondary N) is 2. The van der Waals surface area contributed by atoms with Crippen LogP contribution in [0, 0.1) is 5.92 Å². The van der Waals surface area contributed by atoms with Gasteiger partial charge < -0.3 is 21.5 Å². The van der Waals surface area contributed by atoms with Crippen molar-refractivity contribution in [1.29, 1.82) is 0 Å². The van der Waals surface area contributed by atoms with Crippen LogP contribution in [0.5, 0.6) is 0 Å². The lowest BCUT2D eigenvalue weighted by molar-refractivity contribution is 0.249. The fourth-order valence-electron chi connectivity index (χ4n) is 1.42. The van der Waals surface area contributed by atoms with Crippen LogP contribution in [-0.2, 0) is 0 Å². The Morgan fingerprint density at radius 1 is 1.35 bits per heavy atom. The van der Waals surface area contributed by atoms with E-state index in [1.165, 1.54) is 0 Å². The molecule has 1 atom stereocenters. The van der Waals surface area contributed by atoms with Gasteiger partial charge in [-0.05, 0) is 12.8 Å². The topological polar surface area (TPSA) is 96.1 Å². The van der Waals surface area contributed by atoms with Crippen molar-refractivity contribution in [3.05, 3.63) is 6.07 Å². The number of aromatic nitrogens is 2. The first-order valence-electron chi connectivity index (χ1n) is 5.82. The number of anilines is 3. The zero-order chi connectivity index (χ0) is 12.8. The fraction of sp³-hybridized carbons (Fsp3) is 0.636. The second kappa shape index (κ2) is 6.24. The molecule has 1 aromatic heterocycles. The third-order valence-electron chi connectivity index (χ3n) is 2.44. The van der Waals surface area contributed by atoms with Crippen LogP contribution in [-0.4, -0.2) is 34.3 Å². The first kappa shape index (κ1) is 13.5. The molecule has 0 fully saturated rings. The Morgan fingerprint density at radius 3 is 2.53 bits per heavy atom. The summed E-state index contributed by atoms with van der Waals surface area (Å²) in [6, 6.07) is 1.74. The van der Waals surface area contributed by atoms with Crippen LogP contribution in [0.1, 0.15) is 20.8 Å². The van der Waals surface area contributed by atoms with Crippen molar-refractivity contribution < 1.29 is 5.11 Å². The van der Waals surface area contributed by atoms with E-state index in [0.29, 0.717) is 17.6 Å². The van der Waals surface area contributed by atoms with Gasteiger partial charge in [-0.1, -0.05) is 13.8 Å². The molecule has 0 bridgehead atoms. The average Bonchev–Trinajstić information content (AvgIpc) is 2.25. The Balaban J connectivity index is 2.82. The number of hydrogen-bond acceptors (Lipinski definition) is 6. The lowest BCUT2D eigenvalue weighted by Crippen LogP contribution is -2.30. The van der Waals surface area contributed by atoms with Gasteiger partial charge in [0.15, 0.2) is 0 Å². The van der Waals surface area contributed by atoms with Crippen molar-refractivity contribution in [3.63, 3.8) is 0 Å². The molecule has 1 aromatic rings. The predicted molar refractivity (Wildman–Crippen MR) is 69.9 cm³/mol. The summed E-state index contributed by atoms with van der Waals surface area (Å²) in [6.07, 6.45) is 0. The maximum absolute atomic E-state index is 9.25. The molecule has 5 N–H and O–H groups in total. The molecule has 0 saturated heterocycles. The monoisotopic (exact) mass is 239 g/mol. The summed E-state index contributed by atoms with van der Waals surface area (Å²) in [5, 5.41) is 15.5. The van der Waals surface area contributed by atoms with Crippen molar-refractivity contribution in [2.75, 3.05) is 29.5 Å². The number of nitrogens with zero attached hydrogens (tertiary/aromatic N) is 2. The summed E-state index contributed by atoms with van der Waals surface area (Å²) in [6.45, 7) is 6.87. The zero-order valence-electron chi connectivity index (χ0n) is 10.6. The predicted octanol–water partition coefficient (Wildman–Crippen LogP) is 0.919. The fourth-order valence-corrected chi connectivity index (χ4v) is 1.42. The number of nitrogen functional groups attached to an aromatic ring is 1. The number of rotatable bonds is 6. The summed E-state index contributed by atoms with van der Waals surface area (Å²) < 4.78 is 0. The smallest absolute Gasteiger partial charge is 0.223 e. The summed E-state index contributed by atoms with van der Waals surface area (Å²) >= 11 is 0. The van der Waals surface area contributed by atoms with Crippen molar-refractivity contribution in [1.82, 2.24) is 9.97 Å². The summed E-state index contributed by atoms with van der Waals surface area (Å²) in [4.78, 5) is 8.15. The van der Waals surface area contributed by atoms with E-state index in [1.54, 1.807) is 6.07 Å². The molecule has 17 heavy (non-hydrogen) atoms. The highest BCUT2D eigenvalue weighted by atomic mass is 16.3. The second-order valence-corrected chi connectivity index (χ2v) is 4.20. The molecule has 1 unspecified atom stereocenters. The first-order chi connectivity index (χ1) is 8.06. The van der Waals surface area contributed by atoms with Gasteiger partial charge in [0.2, 0.25) is 5.95 Å². The summed E-state index contributed by atoms with van der Waals surface area (Å²) in [5.41, 5.74) is 5.62. The summed E-state index contributed by atoms with van der Waals surface area (Å²) in [5.74, 6) is 1.83. The molecule has 6 heteroatoms. The quantitative estimate of drug-likeness (QED) is 0.589. The number of nitrogens with two attached hydrogens (primary N) is 1. The van der Waals surface area contributed by atoms with E-state index in [1.807, 2.05) is 20.8 Å². The van der Waals surface area contributed by atoms with Crippen LogP contribution in [0.4, 0.5) is 17.6 Å². The molecule has 6 nitrogen and oxygen atoms in total. The van der Waals surface area contributed by atoms with E-state index in [-0.39, 0.29) is 18.6 Å². The number of hydrogen-bond donors (Lipinski definition) is 4. The molecule has 0 amide bonds. The van der Waals surface area contributed by atoms with Gasteiger partial charge in [0.1, 0.15) is 11.6 Å². The Hall–Kier alpha value is -1.56. The first-order valence-corrected chi connectivity index (χ1v) is 5.82. The lowest BCUT2D eigenvalue weighted by Gasteiger charge is -2.20. The summed E-state index contributed by atoms with van der Waals surface area (Å²) in [7, 11) is 0. The highest BCUT2D eigenvalue weighted by Crippen LogP contribution is 2.15. The van der Waals surface area contributed by atoms with Crippen LogP contribution in [0.25, 0.3) is 0 Å². The number of aliphatic hydroxyl groups excluding tert-OH is 1. The number of aliphatic hydroxyl groups is 1. The van der Waals surface area contributed by atoms with Gasteiger partial charge in [-0.25, -0.2) is 0 Å². The van der Waals surface area contributed by atoms with Crippen LogP contribution in [0.3, 0.4) is 0 Å². The molecule has 1 heterocycles. The van der Waals surface area contributed by atoms with Crippen molar-refractivity contribution in [2.45, 2.75) is 26.8 Å². The maximum atomic E-state index is 9.25. The van der Waals surface area contributed by atoms with Crippen LogP contribution in [0.2, 0.25) is 0 Å². The molecule has 0 aliphatic rings. The molecule has 0 spiro atoms. The van der Waals surface area contributed by atoms with Crippen molar-refractivity contribution in [2.24, 2.45) is 5.92 Å². The zero-order valence-corrected chi connectivity index (χ0v) is 10.6. The van der Waals surface area contributed by atoms with Crippen LogP contribution in [0.15, 0.2) is 6.07 Å². The minimum Gasteiger partial charge on any atom is -0.394 e. The molecule has 1 rings (SSSR count). The van der Waals surface area contributed by atoms with E-state index in [2.05, 4.69) is 20.6 Å². The Kier molecular flexibility index (Phi) is 4.96. The van der Waals surface area contributed by atoms with E-state index in [4.69, 9.17) is 5.73 Å². The van der Waals surface area contributed by atoms with Gasteiger partial charge in [0.25, 0.3) is 0 Å². The minimum atomic E-state index is -0.0428. The molecule has 0 aliphatic carbocycles. The maximum Gasteiger partial charge on any atom is 0.223 e. The van der Waals surface area contributed by atoms with Gasteiger partial charge in [0.05, 0.1) is 12.6 Å². The Bertz CT molecular complexity index is 356. The van der Waals surface area contributed by atoms with E-state index < -0.39 is 0 Å². The van der Waals surface area contributed by atoms with Crippen LogP contribution >= 0.6 is 0 Å². The van der Waals surface area contributed by atoms with Crippen molar-refractivity contribution in [3.8, 4) is 0 Å². The van der Waals surface area contributed by atoms with Crippen molar-refractivity contribution >= 4 is 17.6 Å². The normalized spacial score (nSPS) is 12.5. The molecule has 96 valence electrons. The third kappa shape index (κ3) is 4.07. The lowest BCUT2D eigenvalue weighted by atomic mass is 10.1. The minimum absolute atomic E-state index is 0.0428. The van der Waals surface area contributed by atoms with Gasteiger partial charge in [-0.15, -0.1) is 0 Å². The molecule has 0 saturated carbocycles. The van der Waals surface area contributed by atoms with Gasteiger partial charge in [0, 0.05) is 12.6 Å². The third-order valence-corrected chi connectivity index (χ3v) is 2.44. The highest BCUT2D eigenvalue weighted by Gasteiger charge is 2.13. The SMILES string of the molecule is CCNc1cc(NC(CO)C(C)C)nc(N)n1. The largest absolute Gasteiger partial charge is 0.394 e. The van der Waals surface area contributed by atoms with E-state index in [9.17, 15) is 5.11 Å². The molecular formula is C11H21N5O. The van der Waals surface area contributed by atoms with Crippen LogP contribution < -0.4 is 16.4 Å². The molecular weight excluding hydrogens is 218 g/mol.